The summed E-state index contributed by atoms with van der Waals surface area (Å²) in [7, 11) is 1.66. The fourth-order valence-corrected chi connectivity index (χ4v) is 2.77. The summed E-state index contributed by atoms with van der Waals surface area (Å²) in [6, 6.07) is 7.63. The molecule has 0 fully saturated rings. The first-order valence-electron chi connectivity index (χ1n) is 7.45. The summed E-state index contributed by atoms with van der Waals surface area (Å²) >= 11 is 0. The van der Waals surface area contributed by atoms with Gasteiger partial charge in [0.1, 0.15) is 11.6 Å². The fraction of sp³-hybridized carbons (Fsp3) is 0.438. The number of fused-ring (bicyclic) bond motifs is 1. The maximum Gasteiger partial charge on any atom is 0.251 e. The fourth-order valence-electron chi connectivity index (χ4n) is 2.77. The average molecular weight is 300 g/mol. The topological polar surface area (TPSA) is 69.0 Å². The molecule has 1 N–H and O–H groups in total. The molecule has 0 aliphatic carbocycles. The number of ether oxygens (including phenoxy) is 1. The second kappa shape index (κ2) is 6.27. The van der Waals surface area contributed by atoms with Crippen molar-refractivity contribution in [3.05, 3.63) is 47.0 Å². The summed E-state index contributed by atoms with van der Waals surface area (Å²) in [4.78, 5) is 12.3. The van der Waals surface area contributed by atoms with Crippen LogP contribution in [-0.4, -0.2) is 33.8 Å². The van der Waals surface area contributed by atoms with E-state index in [4.69, 9.17) is 4.74 Å². The van der Waals surface area contributed by atoms with Crippen LogP contribution in [0.1, 0.15) is 34.0 Å². The van der Waals surface area contributed by atoms with Crippen molar-refractivity contribution in [1.29, 1.82) is 0 Å². The van der Waals surface area contributed by atoms with Crippen molar-refractivity contribution in [3.8, 4) is 0 Å². The largest absolute Gasteiger partial charge is 0.380 e. The van der Waals surface area contributed by atoms with Crippen LogP contribution in [0.3, 0.4) is 0 Å². The van der Waals surface area contributed by atoms with E-state index in [0.29, 0.717) is 12.2 Å². The zero-order valence-electron chi connectivity index (χ0n) is 12.9. The number of methoxy groups -OCH3 is 1. The van der Waals surface area contributed by atoms with Crippen molar-refractivity contribution in [2.75, 3.05) is 7.11 Å². The number of carbonyl (C=O) groups is 1. The molecule has 6 nitrogen and oxygen atoms in total. The van der Waals surface area contributed by atoms with Gasteiger partial charge in [-0.15, -0.1) is 10.2 Å². The molecule has 0 radical (unpaired) electrons. The van der Waals surface area contributed by atoms with Crippen LogP contribution in [0.15, 0.2) is 24.3 Å². The lowest BCUT2D eigenvalue weighted by molar-refractivity contribution is 0.0927. The minimum absolute atomic E-state index is 0.0388. The highest BCUT2D eigenvalue weighted by atomic mass is 16.5. The van der Waals surface area contributed by atoms with E-state index in [1.807, 2.05) is 31.2 Å². The Labute approximate surface area is 129 Å². The van der Waals surface area contributed by atoms with Crippen molar-refractivity contribution in [2.45, 2.75) is 39.0 Å². The van der Waals surface area contributed by atoms with Crippen LogP contribution in [0.2, 0.25) is 0 Å². The first kappa shape index (κ1) is 14.7. The van der Waals surface area contributed by atoms with Gasteiger partial charge < -0.3 is 14.6 Å². The third-order valence-corrected chi connectivity index (χ3v) is 3.99. The molecule has 1 amide bonds. The Morgan fingerprint density at radius 1 is 1.36 bits per heavy atom. The van der Waals surface area contributed by atoms with Gasteiger partial charge in [-0.25, -0.2) is 0 Å². The second-order valence-corrected chi connectivity index (χ2v) is 5.61. The summed E-state index contributed by atoms with van der Waals surface area (Å²) in [6.45, 7) is 3.23. The third-order valence-electron chi connectivity index (χ3n) is 3.99. The number of hydrogen-bond donors (Lipinski definition) is 1. The number of rotatable bonds is 4. The Bertz CT molecular complexity index is 663. The average Bonchev–Trinajstić information content (AvgIpc) is 2.89. The van der Waals surface area contributed by atoms with E-state index in [1.165, 1.54) is 0 Å². The van der Waals surface area contributed by atoms with Crippen molar-refractivity contribution in [2.24, 2.45) is 0 Å². The van der Waals surface area contributed by atoms with Crippen LogP contribution in [0.4, 0.5) is 0 Å². The first-order chi connectivity index (χ1) is 10.7. The van der Waals surface area contributed by atoms with Crippen LogP contribution >= 0.6 is 0 Å². The molecule has 1 atom stereocenters. The molecular formula is C16H20N4O2. The Hall–Kier alpha value is -2.21. The van der Waals surface area contributed by atoms with E-state index >= 15 is 0 Å². The maximum atomic E-state index is 12.3. The lowest BCUT2D eigenvalue weighted by atomic mass is 10.1. The number of nitrogens with one attached hydrogen (secondary N) is 1. The minimum Gasteiger partial charge on any atom is -0.380 e. The summed E-state index contributed by atoms with van der Waals surface area (Å²) in [5.41, 5.74) is 1.73. The second-order valence-electron chi connectivity index (χ2n) is 5.61. The van der Waals surface area contributed by atoms with E-state index < -0.39 is 0 Å². The SMILES string of the molecule is COCc1ccc(C(=O)N[C@@H]2CCc3nnc(C)n3C2)cc1. The van der Waals surface area contributed by atoms with Crippen LogP contribution in [-0.2, 0) is 24.3 Å². The molecule has 0 saturated carbocycles. The molecule has 116 valence electrons. The highest BCUT2D eigenvalue weighted by Gasteiger charge is 2.23. The van der Waals surface area contributed by atoms with Crippen molar-refractivity contribution in [1.82, 2.24) is 20.1 Å². The van der Waals surface area contributed by atoms with Crippen LogP contribution in [0, 0.1) is 6.92 Å². The number of benzene rings is 1. The molecule has 0 spiro atoms. The first-order valence-corrected chi connectivity index (χ1v) is 7.45. The number of hydrogen-bond acceptors (Lipinski definition) is 4. The van der Waals surface area contributed by atoms with E-state index in [-0.39, 0.29) is 11.9 Å². The third kappa shape index (κ3) is 3.01. The summed E-state index contributed by atoms with van der Waals surface area (Å²) < 4.78 is 7.15. The predicted molar refractivity (Wildman–Crippen MR) is 81.5 cm³/mol. The Morgan fingerprint density at radius 2 is 2.14 bits per heavy atom. The van der Waals surface area contributed by atoms with Gasteiger partial charge in [-0.1, -0.05) is 12.1 Å². The number of aromatic nitrogens is 3. The molecule has 0 bridgehead atoms. The number of carbonyl (C=O) groups excluding carboxylic acids is 1. The molecule has 1 aliphatic rings. The smallest absolute Gasteiger partial charge is 0.251 e. The Kier molecular flexibility index (Phi) is 4.20. The molecule has 1 aliphatic heterocycles. The molecular weight excluding hydrogens is 280 g/mol. The maximum absolute atomic E-state index is 12.3. The van der Waals surface area contributed by atoms with Gasteiger partial charge in [-0.3, -0.25) is 4.79 Å². The molecule has 1 aromatic carbocycles. The summed E-state index contributed by atoms with van der Waals surface area (Å²) in [5.74, 6) is 1.87. The summed E-state index contributed by atoms with van der Waals surface area (Å²) in [6.07, 6.45) is 1.74. The van der Waals surface area contributed by atoms with Crippen molar-refractivity contribution in [3.63, 3.8) is 0 Å². The van der Waals surface area contributed by atoms with Gasteiger partial charge in [-0.2, -0.15) is 0 Å². The van der Waals surface area contributed by atoms with E-state index in [9.17, 15) is 4.79 Å². The van der Waals surface area contributed by atoms with E-state index in [0.717, 1.165) is 36.6 Å². The Morgan fingerprint density at radius 3 is 2.86 bits per heavy atom. The zero-order chi connectivity index (χ0) is 15.5. The van der Waals surface area contributed by atoms with E-state index in [1.54, 1.807) is 7.11 Å². The van der Waals surface area contributed by atoms with Crippen molar-refractivity contribution >= 4 is 5.91 Å². The standard InChI is InChI=1S/C16H20N4O2/c1-11-18-19-15-8-7-14(9-20(11)15)17-16(21)13-5-3-12(4-6-13)10-22-2/h3-6,14H,7-10H2,1-2H3,(H,17,21)/t14-/m1/s1. The highest BCUT2D eigenvalue weighted by Crippen LogP contribution is 2.15. The molecule has 22 heavy (non-hydrogen) atoms. The van der Waals surface area contributed by atoms with Gasteiger partial charge in [0.25, 0.3) is 5.91 Å². The monoisotopic (exact) mass is 300 g/mol. The lowest BCUT2D eigenvalue weighted by Gasteiger charge is -2.25. The molecule has 0 unspecified atom stereocenters. The molecule has 2 heterocycles. The molecule has 3 rings (SSSR count). The number of aryl methyl sites for hydroxylation is 2. The Balaban J connectivity index is 1.63. The lowest BCUT2D eigenvalue weighted by Crippen LogP contribution is -2.41. The predicted octanol–water partition coefficient (Wildman–Crippen LogP) is 1.48. The van der Waals surface area contributed by atoms with Crippen LogP contribution < -0.4 is 5.32 Å². The number of nitrogens with zero attached hydrogens (tertiary/aromatic N) is 3. The van der Waals surface area contributed by atoms with Crippen LogP contribution in [0.25, 0.3) is 0 Å². The quantitative estimate of drug-likeness (QED) is 0.928. The van der Waals surface area contributed by atoms with E-state index in [2.05, 4.69) is 20.1 Å². The van der Waals surface area contributed by atoms with Gasteiger partial charge in [0, 0.05) is 31.7 Å². The van der Waals surface area contributed by atoms with Gasteiger partial charge in [-0.05, 0) is 31.0 Å². The van der Waals surface area contributed by atoms with Gasteiger partial charge in [0.15, 0.2) is 0 Å². The van der Waals surface area contributed by atoms with Gasteiger partial charge >= 0.3 is 0 Å². The number of amides is 1. The van der Waals surface area contributed by atoms with Crippen molar-refractivity contribution < 1.29 is 9.53 Å². The minimum atomic E-state index is -0.0388. The molecule has 2 aromatic rings. The molecule has 0 saturated heterocycles. The zero-order valence-corrected chi connectivity index (χ0v) is 12.9. The highest BCUT2D eigenvalue weighted by molar-refractivity contribution is 5.94. The summed E-state index contributed by atoms with van der Waals surface area (Å²) in [5, 5.41) is 11.3. The molecule has 6 heteroatoms. The van der Waals surface area contributed by atoms with Gasteiger partial charge in [0.05, 0.1) is 6.61 Å². The molecule has 1 aromatic heterocycles. The normalized spacial score (nSPS) is 17.1. The van der Waals surface area contributed by atoms with Crippen LogP contribution in [0.5, 0.6) is 0 Å². The van der Waals surface area contributed by atoms with Gasteiger partial charge in [0.2, 0.25) is 0 Å².